The number of pyridine rings is 1. The summed E-state index contributed by atoms with van der Waals surface area (Å²) in [5, 5.41) is 6.19. The van der Waals surface area contributed by atoms with Gasteiger partial charge in [-0.1, -0.05) is 13.8 Å². The highest BCUT2D eigenvalue weighted by atomic mass is 16.1. The normalized spacial score (nSPS) is 10.9. The lowest BCUT2D eigenvalue weighted by Crippen LogP contribution is -2.27. The molecule has 0 saturated heterocycles. The van der Waals surface area contributed by atoms with Gasteiger partial charge in [-0.2, -0.15) is 0 Å². The van der Waals surface area contributed by atoms with Crippen LogP contribution in [0.3, 0.4) is 0 Å². The Kier molecular flexibility index (Phi) is 7.01. The van der Waals surface area contributed by atoms with Gasteiger partial charge in [0.25, 0.3) is 5.91 Å². The zero-order valence-electron chi connectivity index (χ0n) is 12.9. The number of hydrogen-bond donors (Lipinski definition) is 2. The van der Waals surface area contributed by atoms with Crippen LogP contribution in [0, 0.1) is 5.92 Å². The van der Waals surface area contributed by atoms with Crippen molar-refractivity contribution in [3.63, 3.8) is 0 Å². The van der Waals surface area contributed by atoms with Gasteiger partial charge in [0.05, 0.1) is 11.3 Å². The molecule has 0 unspecified atom stereocenters. The number of nitrogens with zero attached hydrogens (tertiary/aromatic N) is 2. The molecule has 0 spiro atoms. The van der Waals surface area contributed by atoms with Crippen LogP contribution in [0.5, 0.6) is 0 Å². The topological polar surface area (TPSA) is 57.3 Å². The van der Waals surface area contributed by atoms with Crippen LogP contribution in [0.1, 0.15) is 30.6 Å². The van der Waals surface area contributed by atoms with Gasteiger partial charge in [0.2, 0.25) is 0 Å². The van der Waals surface area contributed by atoms with Crippen molar-refractivity contribution in [1.82, 2.24) is 15.2 Å². The van der Waals surface area contributed by atoms with Crippen molar-refractivity contribution < 1.29 is 4.79 Å². The molecule has 5 nitrogen and oxygen atoms in total. The molecule has 0 saturated carbocycles. The van der Waals surface area contributed by atoms with Gasteiger partial charge < -0.3 is 15.5 Å². The van der Waals surface area contributed by atoms with Crippen LogP contribution in [0.15, 0.2) is 18.5 Å². The molecular weight excluding hydrogens is 252 g/mol. The Hall–Kier alpha value is -1.62. The van der Waals surface area contributed by atoms with Crippen LogP contribution in [0.4, 0.5) is 5.69 Å². The minimum atomic E-state index is -0.0653. The molecule has 5 heteroatoms. The summed E-state index contributed by atoms with van der Waals surface area (Å²) in [6.45, 7) is 6.80. The van der Waals surface area contributed by atoms with E-state index in [1.165, 1.54) is 0 Å². The number of carbonyl (C=O) groups excluding carboxylic acids is 1. The zero-order valence-corrected chi connectivity index (χ0v) is 12.9. The van der Waals surface area contributed by atoms with Crippen LogP contribution in [-0.4, -0.2) is 49.5 Å². The first-order valence-corrected chi connectivity index (χ1v) is 7.11. The predicted octanol–water partition coefficient (Wildman–Crippen LogP) is 1.83. The third-order valence-electron chi connectivity index (χ3n) is 2.78. The first-order valence-electron chi connectivity index (χ1n) is 7.11. The lowest BCUT2D eigenvalue weighted by atomic mass is 10.2. The highest BCUT2D eigenvalue weighted by Crippen LogP contribution is 2.09. The Morgan fingerprint density at radius 3 is 2.75 bits per heavy atom. The van der Waals surface area contributed by atoms with E-state index in [9.17, 15) is 4.79 Å². The number of rotatable bonds is 8. The highest BCUT2D eigenvalue weighted by molar-refractivity contribution is 5.94. The molecule has 0 bridgehead atoms. The lowest BCUT2D eigenvalue weighted by Gasteiger charge is -2.11. The number of aromatic nitrogens is 1. The Bertz CT molecular complexity index is 418. The van der Waals surface area contributed by atoms with Gasteiger partial charge in [0.1, 0.15) is 0 Å². The fraction of sp³-hybridized carbons (Fsp3) is 0.600. The first kappa shape index (κ1) is 16.4. The number of anilines is 1. The van der Waals surface area contributed by atoms with E-state index in [-0.39, 0.29) is 5.91 Å². The maximum absolute atomic E-state index is 12.0. The second-order valence-corrected chi connectivity index (χ2v) is 5.65. The number of nitrogens with one attached hydrogen (secondary N) is 2. The van der Waals surface area contributed by atoms with E-state index >= 15 is 0 Å². The largest absolute Gasteiger partial charge is 0.384 e. The van der Waals surface area contributed by atoms with Gasteiger partial charge in [-0.15, -0.1) is 0 Å². The summed E-state index contributed by atoms with van der Waals surface area (Å²) >= 11 is 0. The molecule has 1 aromatic heterocycles. The van der Waals surface area contributed by atoms with Crippen molar-refractivity contribution in [2.75, 3.05) is 39.0 Å². The number of hydrogen-bond acceptors (Lipinski definition) is 4. The van der Waals surface area contributed by atoms with E-state index in [1.807, 2.05) is 20.2 Å². The lowest BCUT2D eigenvalue weighted by molar-refractivity contribution is 0.0952. The van der Waals surface area contributed by atoms with E-state index in [4.69, 9.17) is 0 Å². The number of amides is 1. The predicted molar refractivity (Wildman–Crippen MR) is 83.1 cm³/mol. The standard InChI is InChI=1S/C15H26N4O/c1-12(2)9-18-14-8-13(10-16-11-14)15(20)17-6-5-7-19(3)4/h8,10-12,18H,5-7,9H2,1-4H3,(H,17,20). The molecule has 1 amide bonds. The first-order chi connectivity index (χ1) is 9.49. The summed E-state index contributed by atoms with van der Waals surface area (Å²) in [6.07, 6.45) is 4.28. The second-order valence-electron chi connectivity index (χ2n) is 5.65. The van der Waals surface area contributed by atoms with Gasteiger partial charge >= 0.3 is 0 Å². The van der Waals surface area contributed by atoms with E-state index in [2.05, 4.69) is 34.4 Å². The smallest absolute Gasteiger partial charge is 0.252 e. The van der Waals surface area contributed by atoms with Crippen LogP contribution < -0.4 is 10.6 Å². The Morgan fingerprint density at radius 2 is 2.10 bits per heavy atom. The van der Waals surface area contributed by atoms with Crippen molar-refractivity contribution >= 4 is 11.6 Å². The van der Waals surface area contributed by atoms with Crippen LogP contribution >= 0.6 is 0 Å². The molecule has 0 aromatic carbocycles. The second kappa shape index (κ2) is 8.53. The summed E-state index contributed by atoms with van der Waals surface area (Å²) < 4.78 is 0. The van der Waals surface area contributed by atoms with Gasteiger partial charge in [-0.05, 0) is 39.0 Å². The molecular formula is C15H26N4O. The summed E-state index contributed by atoms with van der Waals surface area (Å²) in [4.78, 5) is 18.2. The van der Waals surface area contributed by atoms with Crippen LogP contribution in [-0.2, 0) is 0 Å². The van der Waals surface area contributed by atoms with E-state index in [0.29, 0.717) is 18.0 Å². The average Bonchev–Trinajstić information content (AvgIpc) is 2.41. The molecule has 0 aliphatic heterocycles. The van der Waals surface area contributed by atoms with Gasteiger partial charge in [-0.3, -0.25) is 9.78 Å². The maximum atomic E-state index is 12.0. The fourth-order valence-electron chi connectivity index (χ4n) is 1.68. The average molecular weight is 278 g/mol. The van der Waals surface area contributed by atoms with Crippen molar-refractivity contribution in [2.24, 2.45) is 5.92 Å². The zero-order chi connectivity index (χ0) is 15.0. The van der Waals surface area contributed by atoms with Gasteiger partial charge in [-0.25, -0.2) is 0 Å². The number of carbonyl (C=O) groups is 1. The molecule has 112 valence electrons. The van der Waals surface area contributed by atoms with Crippen molar-refractivity contribution in [3.8, 4) is 0 Å². The Labute approximate surface area is 121 Å². The highest BCUT2D eigenvalue weighted by Gasteiger charge is 2.06. The van der Waals surface area contributed by atoms with Crippen molar-refractivity contribution in [3.05, 3.63) is 24.0 Å². The Balaban J connectivity index is 2.45. The maximum Gasteiger partial charge on any atom is 0.252 e. The minimum Gasteiger partial charge on any atom is -0.384 e. The van der Waals surface area contributed by atoms with Gasteiger partial charge in [0.15, 0.2) is 0 Å². The third-order valence-corrected chi connectivity index (χ3v) is 2.78. The van der Waals surface area contributed by atoms with Gasteiger partial charge in [0, 0.05) is 25.5 Å². The van der Waals surface area contributed by atoms with E-state index in [1.54, 1.807) is 12.4 Å². The monoisotopic (exact) mass is 278 g/mol. The molecule has 2 N–H and O–H groups in total. The molecule has 1 rings (SSSR count). The summed E-state index contributed by atoms with van der Waals surface area (Å²) in [5.41, 5.74) is 1.49. The summed E-state index contributed by atoms with van der Waals surface area (Å²) in [5.74, 6) is 0.489. The van der Waals surface area contributed by atoms with Crippen molar-refractivity contribution in [2.45, 2.75) is 20.3 Å². The molecule has 1 aromatic rings. The summed E-state index contributed by atoms with van der Waals surface area (Å²) in [7, 11) is 4.05. The van der Waals surface area contributed by atoms with E-state index in [0.717, 1.165) is 25.2 Å². The fourth-order valence-corrected chi connectivity index (χ4v) is 1.68. The molecule has 1 heterocycles. The summed E-state index contributed by atoms with van der Waals surface area (Å²) in [6, 6.07) is 1.84. The van der Waals surface area contributed by atoms with E-state index < -0.39 is 0 Å². The third kappa shape index (κ3) is 6.52. The van der Waals surface area contributed by atoms with Crippen molar-refractivity contribution in [1.29, 1.82) is 0 Å². The van der Waals surface area contributed by atoms with Crippen LogP contribution in [0.2, 0.25) is 0 Å². The molecule has 0 atom stereocenters. The molecule has 20 heavy (non-hydrogen) atoms. The SMILES string of the molecule is CC(C)CNc1cncc(C(=O)NCCCN(C)C)c1. The van der Waals surface area contributed by atoms with Crippen LogP contribution in [0.25, 0.3) is 0 Å². The molecule has 0 radical (unpaired) electrons. The quantitative estimate of drug-likeness (QED) is 0.712. The molecule has 0 aliphatic rings. The Morgan fingerprint density at radius 1 is 1.35 bits per heavy atom. The minimum absolute atomic E-state index is 0.0653. The molecule has 0 fully saturated rings. The molecule has 0 aliphatic carbocycles.